The monoisotopic (exact) mass is 264 g/mol. The highest BCUT2D eigenvalue weighted by Gasteiger charge is 2.20. The molecule has 0 amide bonds. The minimum atomic E-state index is -2.82. The molecule has 0 aliphatic heterocycles. The van der Waals surface area contributed by atoms with Crippen molar-refractivity contribution < 1.29 is 18.7 Å². The van der Waals surface area contributed by atoms with Crippen LogP contribution in [0.4, 0.5) is 8.78 Å². The van der Waals surface area contributed by atoms with Gasteiger partial charge in [0.05, 0.1) is 5.56 Å². The minimum absolute atomic E-state index is 0.0417. The Labute approximate surface area is 87.7 Å². The van der Waals surface area contributed by atoms with E-state index in [-0.39, 0.29) is 15.8 Å². The van der Waals surface area contributed by atoms with Gasteiger partial charge in [-0.25, -0.2) is 8.78 Å². The van der Waals surface area contributed by atoms with Gasteiger partial charge in [-0.15, -0.1) is 0 Å². The van der Waals surface area contributed by atoms with Gasteiger partial charge in [0.1, 0.15) is 5.75 Å². The first-order valence-electron chi connectivity index (χ1n) is 3.75. The molecule has 0 aromatic heterocycles. The lowest BCUT2D eigenvalue weighted by Crippen LogP contribution is -1.98. The largest absolute Gasteiger partial charge is 0.507 e. The highest BCUT2D eigenvalue weighted by molar-refractivity contribution is 9.10. The molecule has 0 saturated carbocycles. The van der Waals surface area contributed by atoms with Gasteiger partial charge >= 0.3 is 0 Å². The van der Waals surface area contributed by atoms with Gasteiger partial charge in [-0.05, 0) is 35.0 Å². The summed E-state index contributed by atoms with van der Waals surface area (Å²) in [6.45, 7) is 1.27. The van der Waals surface area contributed by atoms with Gasteiger partial charge < -0.3 is 5.11 Å². The van der Waals surface area contributed by atoms with E-state index in [1.54, 1.807) is 0 Å². The van der Waals surface area contributed by atoms with E-state index in [0.717, 1.165) is 6.07 Å². The van der Waals surface area contributed by atoms with Crippen molar-refractivity contribution in [1.29, 1.82) is 0 Å². The topological polar surface area (TPSA) is 37.3 Å². The van der Waals surface area contributed by atoms with Crippen LogP contribution in [-0.4, -0.2) is 10.9 Å². The summed E-state index contributed by atoms with van der Waals surface area (Å²) < 4.78 is 24.8. The van der Waals surface area contributed by atoms with Crippen LogP contribution in [0.15, 0.2) is 16.6 Å². The number of carbonyl (C=O) groups excluding carboxylic acids is 1. The molecule has 1 rings (SSSR count). The Bertz CT molecular complexity index is 377. The van der Waals surface area contributed by atoms with Crippen LogP contribution in [0.5, 0.6) is 5.75 Å². The second-order valence-corrected chi connectivity index (χ2v) is 3.51. The van der Waals surface area contributed by atoms with Crippen LogP contribution in [0.1, 0.15) is 29.3 Å². The molecule has 0 unspecified atom stereocenters. The predicted molar refractivity (Wildman–Crippen MR) is 50.8 cm³/mol. The number of Topliss-reactive ketones (excluding diaryl/α,β-unsaturated/α-hetero) is 1. The lowest BCUT2D eigenvalue weighted by atomic mass is 10.1. The molecule has 1 aromatic rings. The quantitative estimate of drug-likeness (QED) is 0.833. The van der Waals surface area contributed by atoms with Crippen molar-refractivity contribution in [3.63, 3.8) is 0 Å². The number of aromatic hydroxyl groups is 1. The fraction of sp³-hybridized carbons (Fsp3) is 0.222. The minimum Gasteiger partial charge on any atom is -0.507 e. The molecule has 0 saturated heterocycles. The first-order valence-corrected chi connectivity index (χ1v) is 4.55. The third-order valence-corrected chi connectivity index (χ3v) is 2.61. The number of benzene rings is 1. The highest BCUT2D eigenvalue weighted by atomic mass is 79.9. The molecule has 0 aliphatic rings. The van der Waals surface area contributed by atoms with Gasteiger partial charge in [-0.3, -0.25) is 4.79 Å². The van der Waals surface area contributed by atoms with Crippen molar-refractivity contribution in [2.24, 2.45) is 0 Å². The zero-order valence-electron chi connectivity index (χ0n) is 7.22. The zero-order valence-corrected chi connectivity index (χ0v) is 8.81. The SMILES string of the molecule is CC(=O)c1ccc(O)c(C(F)F)c1Br. The lowest BCUT2D eigenvalue weighted by molar-refractivity contribution is 0.101. The molecule has 0 heterocycles. The van der Waals surface area contributed by atoms with Crippen LogP contribution >= 0.6 is 15.9 Å². The van der Waals surface area contributed by atoms with Crippen LogP contribution in [0.3, 0.4) is 0 Å². The average Bonchev–Trinajstić information content (AvgIpc) is 2.02. The molecule has 1 aromatic carbocycles. The third kappa shape index (κ3) is 1.92. The van der Waals surface area contributed by atoms with Crippen molar-refractivity contribution >= 4 is 21.7 Å². The Morgan fingerprint density at radius 1 is 1.50 bits per heavy atom. The van der Waals surface area contributed by atoms with E-state index in [1.165, 1.54) is 13.0 Å². The number of halogens is 3. The van der Waals surface area contributed by atoms with Gasteiger partial charge in [-0.1, -0.05) is 0 Å². The molecule has 0 aliphatic carbocycles. The first-order chi connectivity index (χ1) is 6.45. The Balaban J connectivity index is 3.41. The van der Waals surface area contributed by atoms with Crippen molar-refractivity contribution in [2.45, 2.75) is 13.3 Å². The molecular formula is C9H7BrF2O2. The molecule has 0 fully saturated rings. The summed E-state index contributed by atoms with van der Waals surface area (Å²) in [5.74, 6) is -0.851. The van der Waals surface area contributed by atoms with Crippen LogP contribution < -0.4 is 0 Å². The second-order valence-electron chi connectivity index (χ2n) is 2.72. The van der Waals surface area contributed by atoms with E-state index >= 15 is 0 Å². The standard InChI is InChI=1S/C9H7BrF2O2/c1-4(13)5-2-3-6(14)7(8(5)10)9(11)12/h2-3,9,14H,1H3. The summed E-state index contributed by atoms with van der Waals surface area (Å²) in [6, 6.07) is 2.39. The number of phenols is 1. The lowest BCUT2D eigenvalue weighted by Gasteiger charge is -2.08. The van der Waals surface area contributed by atoms with Crippen molar-refractivity contribution in [3.8, 4) is 5.75 Å². The fourth-order valence-corrected chi connectivity index (χ4v) is 1.85. The number of rotatable bonds is 2. The maximum atomic E-state index is 12.4. The van der Waals surface area contributed by atoms with Gasteiger partial charge in [-0.2, -0.15) is 0 Å². The molecule has 0 bridgehead atoms. The van der Waals surface area contributed by atoms with Crippen molar-refractivity contribution in [1.82, 2.24) is 0 Å². The van der Waals surface area contributed by atoms with E-state index in [2.05, 4.69) is 15.9 Å². The molecular weight excluding hydrogens is 258 g/mol. The maximum absolute atomic E-state index is 12.4. The number of carbonyl (C=O) groups is 1. The summed E-state index contributed by atoms with van der Waals surface area (Å²) in [6.07, 6.45) is -2.82. The van der Waals surface area contributed by atoms with E-state index in [9.17, 15) is 13.6 Å². The summed E-state index contributed by atoms with van der Waals surface area (Å²) in [4.78, 5) is 11.0. The normalized spacial score (nSPS) is 10.6. The summed E-state index contributed by atoms with van der Waals surface area (Å²) in [7, 11) is 0. The van der Waals surface area contributed by atoms with Gasteiger partial charge in [0.15, 0.2) is 5.78 Å². The molecule has 5 heteroatoms. The summed E-state index contributed by atoms with van der Waals surface area (Å²) >= 11 is 2.87. The highest BCUT2D eigenvalue weighted by Crippen LogP contribution is 2.36. The van der Waals surface area contributed by atoms with Crippen molar-refractivity contribution in [2.75, 3.05) is 0 Å². The smallest absolute Gasteiger partial charge is 0.268 e. The van der Waals surface area contributed by atoms with E-state index in [1.807, 2.05) is 0 Å². The van der Waals surface area contributed by atoms with Gasteiger partial charge in [0, 0.05) is 10.0 Å². The number of hydrogen-bond acceptors (Lipinski definition) is 2. The maximum Gasteiger partial charge on any atom is 0.268 e. The molecule has 0 radical (unpaired) electrons. The molecule has 0 spiro atoms. The number of hydrogen-bond donors (Lipinski definition) is 1. The molecule has 2 nitrogen and oxygen atoms in total. The van der Waals surface area contributed by atoms with Gasteiger partial charge in [0.2, 0.25) is 0 Å². The molecule has 1 N–H and O–H groups in total. The van der Waals surface area contributed by atoms with E-state index < -0.39 is 17.7 Å². The van der Waals surface area contributed by atoms with Crippen LogP contribution in [0.25, 0.3) is 0 Å². The predicted octanol–water partition coefficient (Wildman–Crippen LogP) is 3.29. The second kappa shape index (κ2) is 4.04. The van der Waals surface area contributed by atoms with Crippen LogP contribution in [0.2, 0.25) is 0 Å². The Hall–Kier alpha value is -0.970. The molecule has 76 valence electrons. The van der Waals surface area contributed by atoms with Crippen molar-refractivity contribution in [3.05, 3.63) is 27.7 Å². The van der Waals surface area contributed by atoms with Gasteiger partial charge in [0.25, 0.3) is 6.43 Å². The fourth-order valence-electron chi connectivity index (χ4n) is 1.06. The molecule has 14 heavy (non-hydrogen) atoms. The molecule has 0 atom stereocenters. The Morgan fingerprint density at radius 2 is 2.07 bits per heavy atom. The van der Waals surface area contributed by atoms with Crippen LogP contribution in [0, 0.1) is 0 Å². The third-order valence-electron chi connectivity index (χ3n) is 1.75. The number of phenolic OH excluding ortho intramolecular Hbond substituents is 1. The zero-order chi connectivity index (χ0) is 10.9. The number of ketones is 1. The summed E-state index contributed by atoms with van der Waals surface area (Å²) in [5, 5.41) is 9.15. The number of alkyl halides is 2. The Kier molecular flexibility index (Phi) is 3.21. The average molecular weight is 265 g/mol. The van der Waals surface area contributed by atoms with Crippen LogP contribution in [-0.2, 0) is 0 Å². The summed E-state index contributed by atoms with van der Waals surface area (Å²) in [5.41, 5.74) is -0.407. The first kappa shape index (κ1) is 11.1. The Morgan fingerprint density at radius 3 is 2.50 bits per heavy atom. The van der Waals surface area contributed by atoms with E-state index in [4.69, 9.17) is 5.11 Å². The van der Waals surface area contributed by atoms with E-state index in [0.29, 0.717) is 0 Å².